The Morgan fingerprint density at radius 1 is 1.21 bits per heavy atom. The van der Waals surface area contributed by atoms with E-state index in [0.717, 1.165) is 35.7 Å². The van der Waals surface area contributed by atoms with Gasteiger partial charge in [0.15, 0.2) is 0 Å². The second kappa shape index (κ2) is 4.99. The van der Waals surface area contributed by atoms with Crippen molar-refractivity contribution in [1.82, 2.24) is 9.97 Å². The van der Waals surface area contributed by atoms with Gasteiger partial charge in [0.1, 0.15) is 16.8 Å². The summed E-state index contributed by atoms with van der Waals surface area (Å²) in [5.74, 6) is 2.06. The van der Waals surface area contributed by atoms with E-state index in [9.17, 15) is 0 Å². The molecule has 2 aromatic rings. The molecule has 0 bridgehead atoms. The number of nitrogens with zero attached hydrogens (tertiary/aromatic N) is 2. The Morgan fingerprint density at radius 2 is 2.00 bits per heavy atom. The highest BCUT2D eigenvalue weighted by molar-refractivity contribution is 6.31. The smallest absolute Gasteiger partial charge is 0.138 e. The Bertz CT molecular complexity index is 624. The lowest BCUT2D eigenvalue weighted by atomic mass is 10.2. The van der Waals surface area contributed by atoms with Crippen molar-refractivity contribution in [3.63, 3.8) is 0 Å². The Balaban J connectivity index is 1.95. The van der Waals surface area contributed by atoms with Gasteiger partial charge in [0.25, 0.3) is 0 Å². The molecule has 0 saturated heterocycles. The monoisotopic (exact) mass is 293 g/mol. The van der Waals surface area contributed by atoms with Gasteiger partial charge in [-0.2, -0.15) is 0 Å². The van der Waals surface area contributed by atoms with Crippen LogP contribution in [0, 0.1) is 6.92 Å². The van der Waals surface area contributed by atoms with Crippen LogP contribution in [0.25, 0.3) is 0 Å². The number of nitrogens with one attached hydrogen (secondary N) is 1. The van der Waals surface area contributed by atoms with Crippen LogP contribution in [0.5, 0.6) is 0 Å². The first-order chi connectivity index (χ1) is 9.13. The molecular formula is C14H13Cl2N3. The second-order valence-electron chi connectivity index (χ2n) is 4.76. The predicted octanol–water partition coefficient (Wildman–Crippen LogP) is 4.71. The Labute approximate surface area is 122 Å². The average Bonchev–Trinajstić information content (AvgIpc) is 3.19. The van der Waals surface area contributed by atoms with Crippen molar-refractivity contribution < 1.29 is 0 Å². The SMILES string of the molecule is Cc1c(Cl)nc(C2CC2)nc1Nc1cccc(Cl)c1. The van der Waals surface area contributed by atoms with Crippen molar-refractivity contribution in [2.45, 2.75) is 25.7 Å². The molecule has 0 unspecified atom stereocenters. The Kier molecular flexibility index (Phi) is 3.33. The van der Waals surface area contributed by atoms with Crippen LogP contribution in [0.15, 0.2) is 24.3 Å². The highest BCUT2D eigenvalue weighted by Crippen LogP contribution is 2.39. The second-order valence-corrected chi connectivity index (χ2v) is 5.55. The van der Waals surface area contributed by atoms with Gasteiger partial charge in [0.05, 0.1) is 0 Å². The normalized spacial score (nSPS) is 14.5. The van der Waals surface area contributed by atoms with Crippen molar-refractivity contribution in [1.29, 1.82) is 0 Å². The van der Waals surface area contributed by atoms with Gasteiger partial charge >= 0.3 is 0 Å². The summed E-state index contributed by atoms with van der Waals surface area (Å²) in [6, 6.07) is 7.53. The summed E-state index contributed by atoms with van der Waals surface area (Å²) in [5.41, 5.74) is 1.75. The summed E-state index contributed by atoms with van der Waals surface area (Å²) in [6.45, 7) is 1.91. The van der Waals surface area contributed by atoms with E-state index in [1.54, 1.807) is 0 Å². The molecule has 19 heavy (non-hydrogen) atoms. The zero-order valence-corrected chi connectivity index (χ0v) is 12.0. The van der Waals surface area contributed by atoms with Gasteiger partial charge < -0.3 is 5.32 Å². The van der Waals surface area contributed by atoms with E-state index in [1.165, 1.54) is 0 Å². The predicted molar refractivity (Wildman–Crippen MR) is 78.5 cm³/mol. The standard InChI is InChI=1S/C14H13Cl2N3/c1-8-12(16)18-14(9-5-6-9)19-13(8)17-11-4-2-3-10(15)7-11/h2-4,7,9H,5-6H2,1H3,(H,17,18,19). The van der Waals surface area contributed by atoms with Gasteiger partial charge in [-0.3, -0.25) is 0 Å². The van der Waals surface area contributed by atoms with E-state index in [0.29, 0.717) is 16.1 Å². The van der Waals surface area contributed by atoms with Crippen LogP contribution >= 0.6 is 23.2 Å². The summed E-state index contributed by atoms with van der Waals surface area (Å²) >= 11 is 12.1. The van der Waals surface area contributed by atoms with E-state index in [2.05, 4.69) is 15.3 Å². The third kappa shape index (κ3) is 2.82. The zero-order valence-electron chi connectivity index (χ0n) is 10.5. The fraction of sp³-hybridized carbons (Fsp3) is 0.286. The van der Waals surface area contributed by atoms with Crippen molar-refractivity contribution in [2.24, 2.45) is 0 Å². The molecule has 1 aliphatic rings. The largest absolute Gasteiger partial charge is 0.340 e. The van der Waals surface area contributed by atoms with E-state index in [-0.39, 0.29) is 0 Å². The fourth-order valence-electron chi connectivity index (χ4n) is 1.85. The molecule has 1 aromatic carbocycles. The quantitative estimate of drug-likeness (QED) is 0.833. The number of aromatic nitrogens is 2. The van der Waals surface area contributed by atoms with Crippen molar-refractivity contribution in [2.75, 3.05) is 5.32 Å². The van der Waals surface area contributed by atoms with Crippen LogP contribution < -0.4 is 5.32 Å². The first-order valence-corrected chi connectivity index (χ1v) is 6.95. The van der Waals surface area contributed by atoms with Crippen LogP contribution in [0.1, 0.15) is 30.1 Å². The van der Waals surface area contributed by atoms with Gasteiger partial charge in [0, 0.05) is 22.2 Å². The molecule has 5 heteroatoms. The van der Waals surface area contributed by atoms with E-state index in [1.807, 2.05) is 31.2 Å². The minimum absolute atomic E-state index is 0.470. The molecule has 98 valence electrons. The molecule has 1 aliphatic carbocycles. The Hall–Kier alpha value is -1.32. The molecule has 1 N–H and O–H groups in total. The van der Waals surface area contributed by atoms with Crippen LogP contribution in [-0.4, -0.2) is 9.97 Å². The lowest BCUT2D eigenvalue weighted by Crippen LogP contribution is -2.03. The maximum absolute atomic E-state index is 6.17. The summed E-state index contributed by atoms with van der Waals surface area (Å²) < 4.78 is 0. The Morgan fingerprint density at radius 3 is 2.68 bits per heavy atom. The fourth-order valence-corrected chi connectivity index (χ4v) is 2.22. The molecule has 1 aromatic heterocycles. The topological polar surface area (TPSA) is 37.8 Å². The van der Waals surface area contributed by atoms with Gasteiger partial charge in [0.2, 0.25) is 0 Å². The maximum atomic E-state index is 6.17. The lowest BCUT2D eigenvalue weighted by molar-refractivity contribution is 0.922. The molecule has 3 rings (SSSR count). The number of anilines is 2. The van der Waals surface area contributed by atoms with Gasteiger partial charge in [-0.25, -0.2) is 9.97 Å². The molecular weight excluding hydrogens is 281 g/mol. The van der Waals surface area contributed by atoms with Gasteiger partial charge in [-0.05, 0) is 38.0 Å². The van der Waals surface area contributed by atoms with Crippen molar-refractivity contribution in [3.05, 3.63) is 45.8 Å². The van der Waals surface area contributed by atoms with Crippen molar-refractivity contribution >= 4 is 34.7 Å². The van der Waals surface area contributed by atoms with Crippen LogP contribution in [0.4, 0.5) is 11.5 Å². The van der Waals surface area contributed by atoms with Crippen LogP contribution in [0.2, 0.25) is 10.2 Å². The number of benzene rings is 1. The van der Waals surface area contributed by atoms with Gasteiger partial charge in [-0.15, -0.1) is 0 Å². The summed E-state index contributed by atoms with van der Waals surface area (Å²) in [4.78, 5) is 8.91. The van der Waals surface area contributed by atoms with E-state index >= 15 is 0 Å². The molecule has 0 atom stereocenters. The van der Waals surface area contributed by atoms with Crippen LogP contribution in [-0.2, 0) is 0 Å². The van der Waals surface area contributed by atoms with Gasteiger partial charge in [-0.1, -0.05) is 29.3 Å². The first-order valence-electron chi connectivity index (χ1n) is 6.20. The third-order valence-corrected chi connectivity index (χ3v) is 3.74. The van der Waals surface area contributed by atoms with E-state index in [4.69, 9.17) is 23.2 Å². The highest BCUT2D eigenvalue weighted by atomic mass is 35.5. The lowest BCUT2D eigenvalue weighted by Gasteiger charge is -2.11. The average molecular weight is 294 g/mol. The van der Waals surface area contributed by atoms with Crippen molar-refractivity contribution in [3.8, 4) is 0 Å². The number of hydrogen-bond donors (Lipinski definition) is 1. The number of hydrogen-bond acceptors (Lipinski definition) is 3. The molecule has 3 nitrogen and oxygen atoms in total. The molecule has 1 fully saturated rings. The minimum Gasteiger partial charge on any atom is -0.340 e. The number of halogens is 2. The summed E-state index contributed by atoms with van der Waals surface area (Å²) in [5, 5.41) is 4.46. The molecule has 1 saturated carbocycles. The maximum Gasteiger partial charge on any atom is 0.138 e. The number of rotatable bonds is 3. The minimum atomic E-state index is 0.470. The molecule has 0 spiro atoms. The summed E-state index contributed by atoms with van der Waals surface area (Å²) in [6.07, 6.45) is 2.30. The summed E-state index contributed by atoms with van der Waals surface area (Å²) in [7, 11) is 0. The molecule has 0 radical (unpaired) electrons. The van der Waals surface area contributed by atoms with E-state index < -0.39 is 0 Å². The molecule has 0 amide bonds. The zero-order chi connectivity index (χ0) is 13.4. The third-order valence-electron chi connectivity index (χ3n) is 3.13. The molecule has 0 aliphatic heterocycles. The van der Waals surface area contributed by atoms with Crippen LogP contribution in [0.3, 0.4) is 0 Å². The first kappa shape index (κ1) is 12.7. The molecule has 1 heterocycles. The highest BCUT2D eigenvalue weighted by Gasteiger charge is 2.28.